The van der Waals surface area contributed by atoms with E-state index in [0.29, 0.717) is 36.8 Å². The van der Waals surface area contributed by atoms with Crippen LogP contribution in [0, 0.1) is 5.92 Å². The molecule has 0 amide bonds. The lowest BCUT2D eigenvalue weighted by molar-refractivity contribution is -0.141. The van der Waals surface area contributed by atoms with E-state index in [1.807, 2.05) is 13.0 Å². The third-order valence-electron chi connectivity index (χ3n) is 4.31. The minimum atomic E-state index is -0.234. The molecule has 6 nitrogen and oxygen atoms in total. The van der Waals surface area contributed by atoms with Crippen molar-refractivity contribution in [2.24, 2.45) is 5.92 Å². The van der Waals surface area contributed by atoms with E-state index < -0.39 is 0 Å². The van der Waals surface area contributed by atoms with Crippen LogP contribution in [-0.4, -0.2) is 50.8 Å². The average Bonchev–Trinajstić information content (AvgIpc) is 3.11. The van der Waals surface area contributed by atoms with Crippen LogP contribution in [0.5, 0.6) is 11.5 Å². The highest BCUT2D eigenvalue weighted by atomic mass is 16.5. The summed E-state index contributed by atoms with van der Waals surface area (Å²) in [6, 6.07) is 5.41. The van der Waals surface area contributed by atoms with Crippen molar-refractivity contribution < 1.29 is 19.0 Å². The Morgan fingerprint density at radius 3 is 2.72 bits per heavy atom. The van der Waals surface area contributed by atoms with Gasteiger partial charge < -0.3 is 24.8 Å². The van der Waals surface area contributed by atoms with Gasteiger partial charge >= 0.3 is 5.97 Å². The van der Waals surface area contributed by atoms with Crippen LogP contribution in [0.2, 0.25) is 0 Å². The lowest BCUT2D eigenvalue weighted by Gasteiger charge is -2.17. The number of methoxy groups -OCH3 is 1. The lowest BCUT2D eigenvalue weighted by Crippen LogP contribution is -2.22. The number of hydrogen-bond acceptors (Lipinski definition) is 6. The summed E-state index contributed by atoms with van der Waals surface area (Å²) in [7, 11) is 1.39. The van der Waals surface area contributed by atoms with E-state index in [4.69, 9.17) is 15.2 Å². The second-order valence-corrected chi connectivity index (χ2v) is 6.65. The van der Waals surface area contributed by atoms with Gasteiger partial charge in [0.2, 0.25) is 0 Å². The number of ether oxygens (including phenoxy) is 3. The normalized spacial score (nSPS) is 15.8. The van der Waals surface area contributed by atoms with E-state index in [2.05, 4.69) is 9.64 Å². The van der Waals surface area contributed by atoms with Crippen LogP contribution < -0.4 is 15.2 Å². The molecule has 6 heteroatoms. The van der Waals surface area contributed by atoms with Crippen LogP contribution in [0.25, 0.3) is 0 Å². The molecule has 2 N–H and O–H groups in total. The van der Waals surface area contributed by atoms with Gasteiger partial charge in [0.1, 0.15) is 0 Å². The topological polar surface area (TPSA) is 74.0 Å². The van der Waals surface area contributed by atoms with Gasteiger partial charge in [-0.05, 0) is 44.5 Å². The molecule has 0 bridgehead atoms. The summed E-state index contributed by atoms with van der Waals surface area (Å²) in [6.45, 7) is 6.47. The van der Waals surface area contributed by atoms with Gasteiger partial charge in [-0.3, -0.25) is 4.79 Å². The molecule has 1 aliphatic rings. The zero-order valence-electron chi connectivity index (χ0n) is 15.3. The molecule has 1 saturated heterocycles. The second kappa shape index (κ2) is 10.1. The Balaban J connectivity index is 1.80. The van der Waals surface area contributed by atoms with Gasteiger partial charge in [0.05, 0.1) is 26.7 Å². The first-order valence-electron chi connectivity index (χ1n) is 9.02. The number of anilines is 1. The molecular weight excluding hydrogens is 320 g/mol. The Bertz CT molecular complexity index is 544. The van der Waals surface area contributed by atoms with Gasteiger partial charge in [-0.1, -0.05) is 6.92 Å². The van der Waals surface area contributed by atoms with E-state index in [1.165, 1.54) is 33.0 Å². The number of carbonyl (C=O) groups is 1. The first-order chi connectivity index (χ1) is 12.1. The smallest absolute Gasteiger partial charge is 0.305 e. The Hall–Kier alpha value is -1.95. The minimum absolute atomic E-state index is 0.0527. The van der Waals surface area contributed by atoms with Crippen molar-refractivity contribution in [3.05, 3.63) is 18.2 Å². The fourth-order valence-corrected chi connectivity index (χ4v) is 2.89. The minimum Gasteiger partial charge on any atom is -0.490 e. The van der Waals surface area contributed by atoms with Crippen LogP contribution in [0.15, 0.2) is 18.2 Å². The van der Waals surface area contributed by atoms with E-state index >= 15 is 0 Å². The van der Waals surface area contributed by atoms with E-state index in [9.17, 15) is 4.79 Å². The fraction of sp³-hybridized carbons (Fsp3) is 0.632. The maximum Gasteiger partial charge on any atom is 0.305 e. The second-order valence-electron chi connectivity index (χ2n) is 6.65. The highest BCUT2D eigenvalue weighted by molar-refractivity contribution is 5.69. The summed E-state index contributed by atoms with van der Waals surface area (Å²) >= 11 is 0. The van der Waals surface area contributed by atoms with E-state index in [-0.39, 0.29) is 11.9 Å². The summed E-state index contributed by atoms with van der Waals surface area (Å²) in [5, 5.41) is 0. The van der Waals surface area contributed by atoms with Gasteiger partial charge in [0.25, 0.3) is 0 Å². The van der Waals surface area contributed by atoms with Crippen LogP contribution >= 0.6 is 0 Å². The van der Waals surface area contributed by atoms with Gasteiger partial charge in [0, 0.05) is 24.2 Å². The molecule has 1 aromatic rings. The summed E-state index contributed by atoms with van der Waals surface area (Å²) in [6.07, 6.45) is 3.93. The molecule has 2 rings (SSSR count). The van der Waals surface area contributed by atoms with Crippen LogP contribution in [0.4, 0.5) is 5.69 Å². The number of nitrogens with zero attached hydrogens (tertiary/aromatic N) is 1. The number of carbonyl (C=O) groups excluding carboxylic acids is 1. The zero-order chi connectivity index (χ0) is 18.1. The number of nitrogens with two attached hydrogens (primary N) is 1. The molecule has 1 aromatic carbocycles. The highest BCUT2D eigenvalue weighted by Gasteiger charge is 2.13. The lowest BCUT2D eigenvalue weighted by atomic mass is 10.1. The molecule has 0 spiro atoms. The molecule has 0 aliphatic carbocycles. The third-order valence-corrected chi connectivity index (χ3v) is 4.31. The SMILES string of the molecule is COC(=O)CC(C)COc1cc(N)ccc1OCCCN1CCCC1. The van der Waals surface area contributed by atoms with Crippen molar-refractivity contribution in [1.82, 2.24) is 4.90 Å². The summed E-state index contributed by atoms with van der Waals surface area (Å²) in [5.74, 6) is 1.14. The molecule has 0 radical (unpaired) electrons. The van der Waals surface area contributed by atoms with Gasteiger partial charge in [-0.2, -0.15) is 0 Å². The first kappa shape index (κ1) is 19.4. The maximum absolute atomic E-state index is 11.3. The van der Waals surface area contributed by atoms with Crippen LogP contribution in [0.1, 0.15) is 32.6 Å². The summed E-state index contributed by atoms with van der Waals surface area (Å²) < 4.78 is 16.4. The molecule has 25 heavy (non-hydrogen) atoms. The maximum atomic E-state index is 11.3. The van der Waals surface area contributed by atoms with Gasteiger partial charge in [0.15, 0.2) is 11.5 Å². The molecule has 1 aliphatic heterocycles. The third kappa shape index (κ3) is 6.82. The van der Waals surface area contributed by atoms with Crippen LogP contribution in [0.3, 0.4) is 0 Å². The van der Waals surface area contributed by atoms with Crippen molar-refractivity contribution in [2.75, 3.05) is 45.7 Å². The Labute approximate surface area is 150 Å². The molecule has 0 aromatic heterocycles. The molecule has 0 saturated carbocycles. The number of nitrogen functional groups attached to an aromatic ring is 1. The highest BCUT2D eigenvalue weighted by Crippen LogP contribution is 2.30. The van der Waals surface area contributed by atoms with E-state index in [0.717, 1.165) is 13.0 Å². The summed E-state index contributed by atoms with van der Waals surface area (Å²) in [4.78, 5) is 13.8. The fourth-order valence-electron chi connectivity index (χ4n) is 2.89. The van der Waals surface area contributed by atoms with Crippen molar-refractivity contribution >= 4 is 11.7 Å². The number of esters is 1. The average molecular weight is 350 g/mol. The molecule has 1 fully saturated rings. The van der Waals surface area contributed by atoms with Gasteiger partial charge in [-0.15, -0.1) is 0 Å². The number of likely N-dealkylation sites (tertiary alicyclic amines) is 1. The molecule has 1 atom stereocenters. The monoisotopic (exact) mass is 350 g/mol. The number of benzene rings is 1. The predicted molar refractivity (Wildman–Crippen MR) is 97.9 cm³/mol. The van der Waals surface area contributed by atoms with E-state index in [1.54, 1.807) is 12.1 Å². The number of rotatable bonds is 10. The standard InChI is InChI=1S/C19H30N2O4/c1-15(12-19(22)23-2)14-25-18-13-16(20)6-7-17(18)24-11-5-10-21-8-3-4-9-21/h6-7,13,15H,3-5,8-12,14,20H2,1-2H3. The summed E-state index contributed by atoms with van der Waals surface area (Å²) in [5.41, 5.74) is 6.48. The van der Waals surface area contributed by atoms with Crippen molar-refractivity contribution in [3.8, 4) is 11.5 Å². The molecule has 1 heterocycles. The van der Waals surface area contributed by atoms with Crippen molar-refractivity contribution in [3.63, 3.8) is 0 Å². The van der Waals surface area contributed by atoms with Crippen molar-refractivity contribution in [2.45, 2.75) is 32.6 Å². The molecule has 1 unspecified atom stereocenters. The van der Waals surface area contributed by atoms with Crippen LogP contribution in [-0.2, 0) is 9.53 Å². The Morgan fingerprint density at radius 1 is 1.24 bits per heavy atom. The zero-order valence-corrected chi connectivity index (χ0v) is 15.3. The Kier molecular flexibility index (Phi) is 7.85. The number of hydrogen-bond donors (Lipinski definition) is 1. The van der Waals surface area contributed by atoms with Gasteiger partial charge in [-0.25, -0.2) is 0 Å². The largest absolute Gasteiger partial charge is 0.490 e. The quantitative estimate of drug-likeness (QED) is 0.397. The Morgan fingerprint density at radius 2 is 2.00 bits per heavy atom. The van der Waals surface area contributed by atoms with Crippen molar-refractivity contribution in [1.29, 1.82) is 0 Å². The predicted octanol–water partition coefficient (Wildman–Crippen LogP) is 2.71. The molecular formula is C19H30N2O4. The first-order valence-corrected chi connectivity index (χ1v) is 9.02. The molecule has 140 valence electrons.